The number of aryl methyl sites for hydroxylation is 1. The first-order valence-corrected chi connectivity index (χ1v) is 3.10. The number of hydrogen-bond donors (Lipinski definition) is 0. The lowest BCUT2D eigenvalue weighted by atomic mass is 10.5. The zero-order chi connectivity index (χ0) is 9.19. The minimum absolute atomic E-state index is 0.218. The molecule has 0 N–H and O–H groups in total. The van der Waals surface area contributed by atoms with Crippen LogP contribution in [0.5, 0.6) is 5.95 Å². The molecular formula is C6H6F3NO2. The Morgan fingerprint density at radius 1 is 1.58 bits per heavy atom. The highest BCUT2D eigenvalue weighted by Gasteiger charge is 2.29. The first-order chi connectivity index (χ1) is 5.47. The van der Waals surface area contributed by atoms with E-state index in [0.29, 0.717) is 5.69 Å². The molecule has 68 valence electrons. The normalized spacial score (nSPS) is 11.7. The van der Waals surface area contributed by atoms with E-state index in [9.17, 15) is 13.2 Å². The monoisotopic (exact) mass is 181 g/mol. The molecule has 1 heterocycles. The molecule has 0 saturated carbocycles. The SMILES string of the molecule is Cc1cc(OCC(F)(F)F)on1. The van der Waals surface area contributed by atoms with Crippen LogP contribution < -0.4 is 4.74 Å². The summed E-state index contributed by atoms with van der Waals surface area (Å²) in [6, 6.07) is 1.28. The standard InChI is InChI=1S/C6H6F3NO2/c1-4-2-5(12-10-4)11-3-6(7,8)9/h2H,3H2,1H3. The molecule has 1 aromatic heterocycles. The molecule has 0 saturated heterocycles. The van der Waals surface area contributed by atoms with Gasteiger partial charge in [0.1, 0.15) is 0 Å². The van der Waals surface area contributed by atoms with Crippen LogP contribution in [0.1, 0.15) is 5.69 Å². The predicted molar refractivity (Wildman–Crippen MR) is 32.8 cm³/mol. The van der Waals surface area contributed by atoms with Gasteiger partial charge in [-0.1, -0.05) is 5.16 Å². The van der Waals surface area contributed by atoms with Gasteiger partial charge in [-0.25, -0.2) is 0 Å². The van der Waals surface area contributed by atoms with E-state index < -0.39 is 12.8 Å². The summed E-state index contributed by atoms with van der Waals surface area (Å²) >= 11 is 0. The number of rotatable bonds is 2. The first-order valence-electron chi connectivity index (χ1n) is 3.10. The molecule has 0 radical (unpaired) electrons. The highest BCUT2D eigenvalue weighted by molar-refractivity contribution is 5.08. The van der Waals surface area contributed by atoms with Crippen LogP contribution in [-0.4, -0.2) is 17.9 Å². The first kappa shape index (κ1) is 8.89. The molecule has 12 heavy (non-hydrogen) atoms. The van der Waals surface area contributed by atoms with Crippen molar-refractivity contribution in [3.63, 3.8) is 0 Å². The van der Waals surface area contributed by atoms with E-state index in [1.807, 2.05) is 0 Å². The summed E-state index contributed by atoms with van der Waals surface area (Å²) in [6.45, 7) is 0.228. The number of halogens is 3. The third-order valence-electron chi connectivity index (χ3n) is 0.984. The van der Waals surface area contributed by atoms with E-state index in [2.05, 4.69) is 14.4 Å². The molecule has 0 fully saturated rings. The van der Waals surface area contributed by atoms with Crippen molar-refractivity contribution >= 4 is 0 Å². The predicted octanol–water partition coefficient (Wildman–Crippen LogP) is 1.92. The molecule has 6 heteroatoms. The second-order valence-corrected chi connectivity index (χ2v) is 2.19. The third kappa shape index (κ3) is 2.81. The fourth-order valence-electron chi connectivity index (χ4n) is 0.561. The molecule has 0 aliphatic rings. The summed E-state index contributed by atoms with van der Waals surface area (Å²) in [6.07, 6.45) is -4.35. The van der Waals surface area contributed by atoms with E-state index in [-0.39, 0.29) is 5.95 Å². The molecule has 0 bridgehead atoms. The van der Waals surface area contributed by atoms with Gasteiger partial charge in [-0.15, -0.1) is 0 Å². The van der Waals surface area contributed by atoms with E-state index in [1.54, 1.807) is 6.92 Å². The van der Waals surface area contributed by atoms with Crippen LogP contribution in [-0.2, 0) is 0 Å². The van der Waals surface area contributed by atoms with Crippen molar-refractivity contribution in [2.45, 2.75) is 13.1 Å². The number of aromatic nitrogens is 1. The average Bonchev–Trinajstić information content (AvgIpc) is 2.30. The molecule has 0 atom stereocenters. The van der Waals surface area contributed by atoms with E-state index >= 15 is 0 Å². The number of nitrogens with zero attached hydrogens (tertiary/aromatic N) is 1. The van der Waals surface area contributed by atoms with Crippen molar-refractivity contribution in [3.8, 4) is 5.95 Å². The topological polar surface area (TPSA) is 35.3 Å². The lowest BCUT2D eigenvalue weighted by Gasteiger charge is -2.04. The summed E-state index contributed by atoms with van der Waals surface area (Å²) in [7, 11) is 0. The molecule has 0 aromatic carbocycles. The van der Waals surface area contributed by atoms with Crippen molar-refractivity contribution in [1.82, 2.24) is 5.16 Å². The summed E-state index contributed by atoms with van der Waals surface area (Å²) in [5, 5.41) is 3.35. The van der Waals surface area contributed by atoms with E-state index in [4.69, 9.17) is 0 Å². The van der Waals surface area contributed by atoms with Gasteiger partial charge in [-0.2, -0.15) is 13.2 Å². The summed E-state index contributed by atoms with van der Waals surface area (Å²) in [5.41, 5.74) is 0.479. The van der Waals surface area contributed by atoms with Crippen LogP contribution >= 0.6 is 0 Å². The van der Waals surface area contributed by atoms with Crippen molar-refractivity contribution in [2.24, 2.45) is 0 Å². The van der Waals surface area contributed by atoms with Crippen LogP contribution in [0.15, 0.2) is 10.6 Å². The Morgan fingerprint density at radius 3 is 2.67 bits per heavy atom. The molecule has 0 unspecified atom stereocenters. The molecule has 0 spiro atoms. The van der Waals surface area contributed by atoms with Gasteiger partial charge in [0.15, 0.2) is 6.61 Å². The minimum atomic E-state index is -4.35. The summed E-state index contributed by atoms with van der Waals surface area (Å²) < 4.78 is 43.3. The molecule has 1 rings (SSSR count). The van der Waals surface area contributed by atoms with Gasteiger partial charge in [-0.3, -0.25) is 0 Å². The lowest BCUT2D eigenvalue weighted by molar-refractivity contribution is -0.156. The minimum Gasteiger partial charge on any atom is -0.454 e. The fourth-order valence-corrected chi connectivity index (χ4v) is 0.561. The van der Waals surface area contributed by atoms with Gasteiger partial charge in [0.2, 0.25) is 0 Å². The number of ether oxygens (including phenoxy) is 1. The van der Waals surface area contributed by atoms with Crippen LogP contribution in [0.2, 0.25) is 0 Å². The quantitative estimate of drug-likeness (QED) is 0.699. The van der Waals surface area contributed by atoms with Crippen LogP contribution in [0.25, 0.3) is 0 Å². The van der Waals surface area contributed by atoms with Crippen molar-refractivity contribution < 1.29 is 22.4 Å². The molecule has 0 aliphatic carbocycles. The Hall–Kier alpha value is -1.20. The van der Waals surface area contributed by atoms with Gasteiger partial charge in [-0.05, 0) is 6.92 Å². The molecule has 1 aromatic rings. The van der Waals surface area contributed by atoms with Gasteiger partial charge >= 0.3 is 12.1 Å². The number of hydrogen-bond acceptors (Lipinski definition) is 3. The van der Waals surface area contributed by atoms with Crippen LogP contribution in [0.4, 0.5) is 13.2 Å². The Morgan fingerprint density at radius 2 is 2.25 bits per heavy atom. The Kier molecular flexibility index (Phi) is 2.25. The molecule has 3 nitrogen and oxygen atoms in total. The smallest absolute Gasteiger partial charge is 0.422 e. The lowest BCUT2D eigenvalue weighted by Crippen LogP contribution is -2.18. The average molecular weight is 181 g/mol. The Bertz CT molecular complexity index is 256. The molecule has 0 amide bonds. The third-order valence-corrected chi connectivity index (χ3v) is 0.984. The summed E-state index contributed by atoms with van der Waals surface area (Å²) in [5.74, 6) is -0.218. The summed E-state index contributed by atoms with van der Waals surface area (Å²) in [4.78, 5) is 0. The largest absolute Gasteiger partial charge is 0.454 e. The van der Waals surface area contributed by atoms with E-state index in [0.717, 1.165) is 0 Å². The van der Waals surface area contributed by atoms with Gasteiger partial charge < -0.3 is 9.26 Å². The number of alkyl halides is 3. The zero-order valence-corrected chi connectivity index (χ0v) is 6.18. The van der Waals surface area contributed by atoms with Gasteiger partial charge in [0.25, 0.3) is 0 Å². The zero-order valence-electron chi connectivity index (χ0n) is 6.18. The Labute approximate surface area is 66.1 Å². The van der Waals surface area contributed by atoms with Crippen molar-refractivity contribution in [2.75, 3.05) is 6.61 Å². The van der Waals surface area contributed by atoms with Crippen LogP contribution in [0, 0.1) is 6.92 Å². The highest BCUT2D eigenvalue weighted by Crippen LogP contribution is 2.18. The second kappa shape index (κ2) is 3.04. The maximum atomic E-state index is 11.6. The maximum absolute atomic E-state index is 11.6. The van der Waals surface area contributed by atoms with E-state index in [1.165, 1.54) is 6.07 Å². The fraction of sp³-hybridized carbons (Fsp3) is 0.500. The van der Waals surface area contributed by atoms with Crippen LogP contribution in [0.3, 0.4) is 0 Å². The molecular weight excluding hydrogens is 175 g/mol. The van der Waals surface area contributed by atoms with Gasteiger partial charge in [0, 0.05) is 6.07 Å². The Balaban J connectivity index is 2.44. The van der Waals surface area contributed by atoms with Crippen molar-refractivity contribution in [3.05, 3.63) is 11.8 Å². The molecule has 0 aliphatic heterocycles. The maximum Gasteiger partial charge on any atom is 0.422 e. The van der Waals surface area contributed by atoms with Crippen molar-refractivity contribution in [1.29, 1.82) is 0 Å². The van der Waals surface area contributed by atoms with Gasteiger partial charge in [0.05, 0.1) is 5.69 Å². The highest BCUT2D eigenvalue weighted by atomic mass is 19.4. The second-order valence-electron chi connectivity index (χ2n) is 2.19.